The molecule has 0 aliphatic rings. The van der Waals surface area contributed by atoms with Crippen molar-refractivity contribution >= 4 is 38.6 Å². The molecule has 0 N–H and O–H groups in total. The highest BCUT2D eigenvalue weighted by Gasteiger charge is 2.18. The first kappa shape index (κ1) is 34.0. The molecule has 57 heavy (non-hydrogen) atoms. The Morgan fingerprint density at radius 1 is 0.228 bits per heavy atom. The SMILES string of the molecule is c1ccc(N(c2ccc(-c3cccc4ccccc34)cc2)c2ccccc2-c2cccc(-c3ccccc3-c3ccc(-c4cccc5ccccc45)cc3)c2)cc1. The summed E-state index contributed by atoms with van der Waals surface area (Å²) in [6.45, 7) is 0. The molecular weight excluding hydrogens is 687 g/mol. The zero-order chi connectivity index (χ0) is 38.0. The lowest BCUT2D eigenvalue weighted by atomic mass is 9.91. The van der Waals surface area contributed by atoms with Gasteiger partial charge < -0.3 is 4.90 Å². The van der Waals surface area contributed by atoms with Crippen molar-refractivity contribution in [2.45, 2.75) is 0 Å². The maximum absolute atomic E-state index is 2.38. The summed E-state index contributed by atoms with van der Waals surface area (Å²) < 4.78 is 0. The van der Waals surface area contributed by atoms with Crippen LogP contribution in [0.2, 0.25) is 0 Å². The zero-order valence-corrected chi connectivity index (χ0v) is 31.5. The molecule has 0 heterocycles. The van der Waals surface area contributed by atoms with E-state index in [0.717, 1.165) is 22.6 Å². The average Bonchev–Trinajstić information content (AvgIpc) is 3.30. The van der Waals surface area contributed by atoms with Crippen molar-refractivity contribution in [3.63, 3.8) is 0 Å². The van der Waals surface area contributed by atoms with Crippen molar-refractivity contribution in [3.8, 4) is 55.6 Å². The summed E-state index contributed by atoms with van der Waals surface area (Å²) in [5.41, 5.74) is 15.4. The van der Waals surface area contributed by atoms with Gasteiger partial charge in [-0.3, -0.25) is 0 Å². The Morgan fingerprint density at radius 2 is 0.614 bits per heavy atom. The molecule has 0 unspecified atom stereocenters. The van der Waals surface area contributed by atoms with E-state index >= 15 is 0 Å². The Balaban J connectivity index is 1.02. The van der Waals surface area contributed by atoms with Crippen molar-refractivity contribution in [1.29, 1.82) is 0 Å². The Kier molecular flexibility index (Phi) is 8.95. The van der Waals surface area contributed by atoms with E-state index in [9.17, 15) is 0 Å². The van der Waals surface area contributed by atoms with Gasteiger partial charge >= 0.3 is 0 Å². The smallest absolute Gasteiger partial charge is 0.0540 e. The minimum Gasteiger partial charge on any atom is -0.310 e. The van der Waals surface area contributed by atoms with E-state index in [-0.39, 0.29) is 0 Å². The van der Waals surface area contributed by atoms with Gasteiger partial charge in [-0.2, -0.15) is 0 Å². The quantitative estimate of drug-likeness (QED) is 0.151. The van der Waals surface area contributed by atoms with Crippen LogP contribution in [0.4, 0.5) is 17.1 Å². The molecule has 10 rings (SSSR count). The highest BCUT2D eigenvalue weighted by molar-refractivity contribution is 5.99. The molecule has 0 aliphatic carbocycles. The Labute approximate surface area is 334 Å². The summed E-state index contributed by atoms with van der Waals surface area (Å²) in [7, 11) is 0. The zero-order valence-electron chi connectivity index (χ0n) is 31.5. The van der Waals surface area contributed by atoms with Crippen LogP contribution >= 0.6 is 0 Å². The van der Waals surface area contributed by atoms with Gasteiger partial charge in [0, 0.05) is 16.9 Å². The molecule has 0 bridgehead atoms. The molecule has 1 heteroatoms. The summed E-state index contributed by atoms with van der Waals surface area (Å²) in [6.07, 6.45) is 0. The lowest BCUT2D eigenvalue weighted by Gasteiger charge is -2.28. The van der Waals surface area contributed by atoms with E-state index in [0.29, 0.717) is 0 Å². The van der Waals surface area contributed by atoms with Crippen LogP contribution in [0.25, 0.3) is 77.2 Å². The third kappa shape index (κ3) is 6.56. The lowest BCUT2D eigenvalue weighted by molar-refractivity contribution is 1.28. The molecule has 0 spiro atoms. The van der Waals surface area contributed by atoms with E-state index in [1.165, 1.54) is 71.6 Å². The molecular formula is C56H39N. The molecule has 0 saturated heterocycles. The van der Waals surface area contributed by atoms with Crippen LogP contribution in [0.5, 0.6) is 0 Å². The Hall–Kier alpha value is -7.48. The average molecular weight is 726 g/mol. The number of hydrogen-bond acceptors (Lipinski definition) is 1. The summed E-state index contributed by atoms with van der Waals surface area (Å²) >= 11 is 0. The number of rotatable bonds is 8. The first-order valence-electron chi connectivity index (χ1n) is 19.6. The molecule has 0 saturated carbocycles. The molecule has 0 atom stereocenters. The summed E-state index contributed by atoms with van der Waals surface area (Å²) in [6, 6.07) is 85.5. The van der Waals surface area contributed by atoms with E-state index in [2.05, 4.69) is 241 Å². The van der Waals surface area contributed by atoms with E-state index in [1.807, 2.05) is 0 Å². The number of fused-ring (bicyclic) bond motifs is 2. The first-order chi connectivity index (χ1) is 28.3. The van der Waals surface area contributed by atoms with Crippen molar-refractivity contribution in [1.82, 2.24) is 0 Å². The standard InChI is InChI=1S/C56H39N/c1-2-21-47(22-3-1)57(48-37-35-44(36-38-48)53-29-14-18-41-16-5-7-24-50(41)53)56-30-11-10-27-55(56)46-20-12-19-45(39-46)54-26-9-8-25-51(54)42-31-33-43(34-32-42)52-28-13-17-40-15-4-6-23-49(40)52/h1-39H. The molecule has 10 aromatic rings. The number of hydrogen-bond donors (Lipinski definition) is 0. The summed E-state index contributed by atoms with van der Waals surface area (Å²) in [4.78, 5) is 2.38. The molecule has 1 nitrogen and oxygen atoms in total. The fourth-order valence-electron chi connectivity index (χ4n) is 8.33. The van der Waals surface area contributed by atoms with Crippen LogP contribution in [0.3, 0.4) is 0 Å². The molecule has 0 aliphatic heterocycles. The molecule has 0 radical (unpaired) electrons. The number of para-hydroxylation sites is 2. The highest BCUT2D eigenvalue weighted by atomic mass is 15.1. The van der Waals surface area contributed by atoms with Crippen molar-refractivity contribution < 1.29 is 0 Å². The maximum atomic E-state index is 2.38. The summed E-state index contributed by atoms with van der Waals surface area (Å²) in [5, 5.41) is 5.04. The van der Waals surface area contributed by atoms with Crippen LogP contribution in [-0.4, -0.2) is 0 Å². The topological polar surface area (TPSA) is 3.24 Å². The number of nitrogens with zero attached hydrogens (tertiary/aromatic N) is 1. The summed E-state index contributed by atoms with van der Waals surface area (Å²) in [5.74, 6) is 0. The van der Waals surface area contributed by atoms with Crippen LogP contribution in [0.1, 0.15) is 0 Å². The molecule has 0 fully saturated rings. The van der Waals surface area contributed by atoms with Gasteiger partial charge in [0.1, 0.15) is 0 Å². The van der Waals surface area contributed by atoms with Crippen molar-refractivity contribution in [2.75, 3.05) is 4.90 Å². The van der Waals surface area contributed by atoms with Crippen LogP contribution in [-0.2, 0) is 0 Å². The van der Waals surface area contributed by atoms with Crippen LogP contribution < -0.4 is 4.90 Å². The second-order valence-corrected chi connectivity index (χ2v) is 14.5. The molecule has 268 valence electrons. The van der Waals surface area contributed by atoms with Gasteiger partial charge in [-0.25, -0.2) is 0 Å². The lowest BCUT2D eigenvalue weighted by Crippen LogP contribution is -2.11. The van der Waals surface area contributed by atoms with Crippen LogP contribution in [0, 0.1) is 0 Å². The van der Waals surface area contributed by atoms with Gasteiger partial charge in [0.05, 0.1) is 5.69 Å². The largest absolute Gasteiger partial charge is 0.310 e. The first-order valence-corrected chi connectivity index (χ1v) is 19.6. The second-order valence-electron chi connectivity index (χ2n) is 14.5. The molecule has 0 aromatic heterocycles. The monoisotopic (exact) mass is 725 g/mol. The van der Waals surface area contributed by atoms with Gasteiger partial charge in [-0.1, -0.05) is 200 Å². The van der Waals surface area contributed by atoms with E-state index < -0.39 is 0 Å². The van der Waals surface area contributed by atoms with Crippen LogP contribution in [0.15, 0.2) is 237 Å². The fraction of sp³-hybridized carbons (Fsp3) is 0. The van der Waals surface area contributed by atoms with Gasteiger partial charge in [0.2, 0.25) is 0 Å². The van der Waals surface area contributed by atoms with Gasteiger partial charge in [0.15, 0.2) is 0 Å². The number of benzene rings is 10. The fourth-order valence-corrected chi connectivity index (χ4v) is 8.33. The number of anilines is 3. The van der Waals surface area contributed by atoms with E-state index in [4.69, 9.17) is 0 Å². The minimum absolute atomic E-state index is 1.10. The van der Waals surface area contributed by atoms with Gasteiger partial charge in [-0.05, 0) is 108 Å². The van der Waals surface area contributed by atoms with Gasteiger partial charge in [0.25, 0.3) is 0 Å². The molecule has 0 amide bonds. The third-order valence-corrected chi connectivity index (χ3v) is 11.1. The van der Waals surface area contributed by atoms with E-state index in [1.54, 1.807) is 0 Å². The Bertz CT molecular complexity index is 2990. The van der Waals surface area contributed by atoms with Gasteiger partial charge in [-0.15, -0.1) is 0 Å². The maximum Gasteiger partial charge on any atom is 0.0540 e. The second kappa shape index (κ2) is 15.0. The Morgan fingerprint density at radius 3 is 1.23 bits per heavy atom. The predicted octanol–water partition coefficient (Wildman–Crippen LogP) is 15.8. The van der Waals surface area contributed by atoms with Crippen molar-refractivity contribution in [2.24, 2.45) is 0 Å². The molecule has 10 aromatic carbocycles. The predicted molar refractivity (Wildman–Crippen MR) is 243 cm³/mol. The normalized spacial score (nSPS) is 11.2. The third-order valence-electron chi connectivity index (χ3n) is 11.1. The highest BCUT2D eigenvalue weighted by Crippen LogP contribution is 2.43. The minimum atomic E-state index is 1.10. The van der Waals surface area contributed by atoms with Crippen molar-refractivity contribution in [3.05, 3.63) is 237 Å².